The molecule has 4 heteroatoms. The SMILES string of the molecule is CC(C)(C)Cc1ccc2c(c1)c1cccc3c4cc5ccccc5[c-]c4c4nccc2c4c31.CCC(CC)C(=O)/C=C(\O)C(CC)CC.[Ir]. The number of allylic oxidation sites excluding steroid dienone is 2. The van der Waals surface area contributed by atoms with Crippen molar-refractivity contribution in [2.45, 2.75) is 80.6 Å². The molecule has 3 nitrogen and oxygen atoms in total. The minimum Gasteiger partial charge on any atom is -0.512 e. The first-order valence-electron chi connectivity index (χ1n) is 17.7. The van der Waals surface area contributed by atoms with Crippen LogP contribution >= 0.6 is 0 Å². The predicted octanol–water partition coefficient (Wildman–Crippen LogP) is 12.7. The maximum absolute atomic E-state index is 11.7. The van der Waals surface area contributed by atoms with E-state index in [-0.39, 0.29) is 48.9 Å². The van der Waals surface area contributed by atoms with Crippen molar-refractivity contribution in [1.29, 1.82) is 0 Å². The summed E-state index contributed by atoms with van der Waals surface area (Å²) in [6, 6.07) is 30.5. The molecule has 0 aliphatic rings. The zero-order chi connectivity index (χ0) is 34.2. The number of carbonyl (C=O) groups is 1. The third-order valence-electron chi connectivity index (χ3n) is 10.1. The molecule has 0 saturated heterocycles. The van der Waals surface area contributed by atoms with E-state index in [4.69, 9.17) is 4.98 Å². The minimum absolute atomic E-state index is 0. The van der Waals surface area contributed by atoms with E-state index in [1.807, 2.05) is 33.9 Å². The summed E-state index contributed by atoms with van der Waals surface area (Å²) in [4.78, 5) is 16.6. The molecule has 0 bridgehead atoms. The number of aromatic nitrogens is 1. The Labute approximate surface area is 304 Å². The van der Waals surface area contributed by atoms with Gasteiger partial charge in [0.1, 0.15) is 0 Å². The van der Waals surface area contributed by atoms with Crippen LogP contribution in [0.4, 0.5) is 0 Å². The maximum Gasteiger partial charge on any atom is 0.162 e. The van der Waals surface area contributed by atoms with Gasteiger partial charge in [-0.05, 0) is 86.9 Å². The molecule has 7 aromatic rings. The van der Waals surface area contributed by atoms with Crippen LogP contribution in [-0.2, 0) is 31.3 Å². The molecule has 0 amide bonds. The van der Waals surface area contributed by atoms with Gasteiger partial charge in [0.05, 0.1) is 5.76 Å². The number of pyridine rings is 1. The third kappa shape index (κ3) is 7.09. The standard InChI is InChI=1S/C32H24N.C13H24O2.Ir/c1-32(2,3)18-19-11-12-22-25-13-14-33-31-28-17-21-8-5-4-7-20(21)16-27(28)24-10-6-9-23(26(22)15-19)29(24)30(25)31;1-5-10(6-2)12(14)9-13(15)11(7-3)8-4;/h4-16H,18H2,1-3H3;9-11,14H,5-8H2,1-4H3;/q-1;;/b;12-9-;. The average Bonchev–Trinajstić information content (AvgIpc) is 3.07. The van der Waals surface area contributed by atoms with Gasteiger partial charge >= 0.3 is 0 Å². The monoisotopic (exact) mass is 827 g/mol. The summed E-state index contributed by atoms with van der Waals surface area (Å²) in [6.45, 7) is 15.0. The third-order valence-corrected chi connectivity index (χ3v) is 10.1. The molecule has 7 rings (SSSR count). The molecule has 0 aliphatic carbocycles. The van der Waals surface area contributed by atoms with Crippen LogP contribution in [-0.4, -0.2) is 15.9 Å². The van der Waals surface area contributed by atoms with Crippen molar-refractivity contribution in [2.24, 2.45) is 17.3 Å². The molecule has 0 spiro atoms. The minimum atomic E-state index is 0. The molecule has 1 N–H and O–H groups in total. The van der Waals surface area contributed by atoms with Crippen molar-refractivity contribution in [1.82, 2.24) is 4.98 Å². The smallest absolute Gasteiger partial charge is 0.162 e. The Morgan fingerprint density at radius 2 is 1.41 bits per heavy atom. The summed E-state index contributed by atoms with van der Waals surface area (Å²) in [7, 11) is 0. The first-order valence-corrected chi connectivity index (χ1v) is 17.7. The van der Waals surface area contributed by atoms with Gasteiger partial charge in [-0.2, -0.15) is 0 Å². The molecule has 0 aliphatic heterocycles. The first-order chi connectivity index (χ1) is 23.1. The van der Waals surface area contributed by atoms with E-state index in [1.165, 1.54) is 60.1 Å². The zero-order valence-electron chi connectivity index (χ0n) is 29.9. The van der Waals surface area contributed by atoms with Crippen LogP contribution in [0, 0.1) is 23.3 Å². The Kier molecular flexibility index (Phi) is 11.1. The summed E-state index contributed by atoms with van der Waals surface area (Å²) >= 11 is 0. The Balaban J connectivity index is 0.000000252. The van der Waals surface area contributed by atoms with Gasteiger partial charge in [0.15, 0.2) is 5.78 Å². The van der Waals surface area contributed by atoms with Crippen LogP contribution in [0.5, 0.6) is 0 Å². The molecule has 6 aromatic carbocycles. The topological polar surface area (TPSA) is 50.2 Å². The van der Waals surface area contributed by atoms with E-state index in [0.717, 1.165) is 48.4 Å². The van der Waals surface area contributed by atoms with Gasteiger partial charge in [-0.25, -0.2) is 0 Å². The van der Waals surface area contributed by atoms with Crippen LogP contribution in [0.25, 0.3) is 64.8 Å². The average molecular weight is 827 g/mol. The number of aliphatic hydroxyl groups is 1. The summed E-state index contributed by atoms with van der Waals surface area (Å²) in [5.41, 5.74) is 2.70. The van der Waals surface area contributed by atoms with Gasteiger partial charge in [0.25, 0.3) is 0 Å². The van der Waals surface area contributed by atoms with E-state index in [9.17, 15) is 9.90 Å². The number of benzene rings is 6. The van der Waals surface area contributed by atoms with Gasteiger partial charge in [-0.1, -0.05) is 119 Å². The quantitative estimate of drug-likeness (QED) is 0.0546. The van der Waals surface area contributed by atoms with Crippen LogP contribution < -0.4 is 0 Å². The van der Waals surface area contributed by atoms with Gasteiger partial charge in [-0.3, -0.25) is 9.78 Å². The van der Waals surface area contributed by atoms with Crippen molar-refractivity contribution in [3.63, 3.8) is 0 Å². The second-order valence-corrected chi connectivity index (χ2v) is 14.6. The number of hydrogen-bond acceptors (Lipinski definition) is 3. The molecule has 0 atom stereocenters. The molecular formula is C45H48IrNO2-. The summed E-state index contributed by atoms with van der Waals surface area (Å²) in [6.07, 6.45) is 7.93. The Morgan fingerprint density at radius 1 is 0.755 bits per heavy atom. The molecule has 0 unspecified atom stereocenters. The molecule has 1 heterocycles. The number of nitrogens with zero attached hydrogens (tertiary/aromatic N) is 1. The second-order valence-electron chi connectivity index (χ2n) is 14.6. The molecule has 49 heavy (non-hydrogen) atoms. The number of hydrogen-bond donors (Lipinski definition) is 1. The van der Waals surface area contributed by atoms with Crippen molar-refractivity contribution >= 4 is 70.5 Å². The van der Waals surface area contributed by atoms with Gasteiger partial charge in [0, 0.05) is 49.7 Å². The fourth-order valence-electron chi connectivity index (χ4n) is 7.52. The summed E-state index contributed by atoms with van der Waals surface area (Å²) in [5.74, 6) is 0.547. The number of rotatable bonds is 8. The predicted molar refractivity (Wildman–Crippen MR) is 206 cm³/mol. The molecule has 255 valence electrons. The van der Waals surface area contributed by atoms with E-state index < -0.39 is 0 Å². The molecule has 0 saturated carbocycles. The number of carbonyl (C=O) groups excluding carboxylic acids is 1. The zero-order valence-corrected chi connectivity index (χ0v) is 32.3. The molecule has 1 radical (unpaired) electrons. The van der Waals surface area contributed by atoms with E-state index in [1.54, 1.807) is 0 Å². The van der Waals surface area contributed by atoms with Crippen LogP contribution in [0.15, 0.2) is 90.8 Å². The maximum atomic E-state index is 11.7. The number of fused-ring (bicyclic) bond motifs is 7. The number of ketones is 1. The van der Waals surface area contributed by atoms with Crippen LogP contribution in [0.2, 0.25) is 0 Å². The molecular weight excluding hydrogens is 779 g/mol. The molecule has 0 fully saturated rings. The Bertz CT molecular complexity index is 2290. The number of aliphatic hydroxyl groups excluding tert-OH is 1. The van der Waals surface area contributed by atoms with E-state index in [2.05, 4.69) is 99.6 Å². The van der Waals surface area contributed by atoms with Gasteiger partial charge in [0.2, 0.25) is 0 Å². The fourth-order valence-corrected chi connectivity index (χ4v) is 7.52. The van der Waals surface area contributed by atoms with Gasteiger partial charge in [-0.15, -0.1) is 23.6 Å². The summed E-state index contributed by atoms with van der Waals surface area (Å²) in [5, 5.41) is 23.6. The normalized spacial score (nSPS) is 12.5. The Hall–Kier alpha value is -3.85. The van der Waals surface area contributed by atoms with Crippen LogP contribution in [0.1, 0.15) is 79.7 Å². The Morgan fingerprint density at radius 3 is 2.08 bits per heavy atom. The largest absolute Gasteiger partial charge is 0.512 e. The van der Waals surface area contributed by atoms with E-state index in [0.29, 0.717) is 0 Å². The summed E-state index contributed by atoms with van der Waals surface area (Å²) < 4.78 is 0. The molecule has 1 aromatic heterocycles. The van der Waals surface area contributed by atoms with Crippen molar-refractivity contribution in [3.8, 4) is 0 Å². The van der Waals surface area contributed by atoms with Crippen LogP contribution in [0.3, 0.4) is 0 Å². The van der Waals surface area contributed by atoms with Crippen molar-refractivity contribution in [2.75, 3.05) is 0 Å². The van der Waals surface area contributed by atoms with Crippen molar-refractivity contribution < 1.29 is 30.0 Å². The second kappa shape index (κ2) is 15.0. The van der Waals surface area contributed by atoms with E-state index >= 15 is 0 Å². The fraction of sp³-hybridized carbons (Fsp3) is 0.333. The van der Waals surface area contributed by atoms with Gasteiger partial charge < -0.3 is 5.11 Å². The first kappa shape index (κ1) is 36.4. The van der Waals surface area contributed by atoms with Crippen molar-refractivity contribution in [3.05, 3.63) is 102 Å².